The van der Waals surface area contributed by atoms with Crippen LogP contribution in [0.2, 0.25) is 0 Å². The minimum absolute atomic E-state index is 0.00878. The van der Waals surface area contributed by atoms with E-state index in [1.165, 1.54) is 0 Å². The zero-order valence-corrected chi connectivity index (χ0v) is 12.4. The fourth-order valence-corrected chi connectivity index (χ4v) is 1.95. The Morgan fingerprint density at radius 2 is 2.00 bits per heavy atom. The number of aliphatic hydroxyl groups excluding tert-OH is 1. The molecule has 1 rings (SSSR count). The maximum atomic E-state index is 11.6. The molecule has 1 aromatic carbocycles. The minimum atomic E-state index is -0.446. The topological polar surface area (TPSA) is 49.3 Å². The summed E-state index contributed by atoms with van der Waals surface area (Å²) in [6.45, 7) is 4.46. The first-order chi connectivity index (χ1) is 9.58. The summed E-state index contributed by atoms with van der Waals surface area (Å²) >= 11 is 0. The van der Waals surface area contributed by atoms with Gasteiger partial charge in [-0.15, -0.1) is 0 Å². The molecule has 0 aromatic heterocycles. The quantitative estimate of drug-likeness (QED) is 0.766. The average Bonchev–Trinajstić information content (AvgIpc) is 2.42. The van der Waals surface area contributed by atoms with Crippen LogP contribution in [-0.2, 0) is 4.79 Å². The molecule has 0 bridgehead atoms. The Hall–Kier alpha value is -1.61. The van der Waals surface area contributed by atoms with E-state index in [2.05, 4.69) is 19.2 Å². The predicted molar refractivity (Wildman–Crippen MR) is 83.2 cm³/mol. The van der Waals surface area contributed by atoms with Crippen molar-refractivity contribution in [3.63, 3.8) is 0 Å². The van der Waals surface area contributed by atoms with Crippen LogP contribution in [0.4, 0.5) is 0 Å². The van der Waals surface area contributed by atoms with Crippen molar-refractivity contribution < 1.29 is 9.90 Å². The molecular formula is C17H25NO2. The van der Waals surface area contributed by atoms with E-state index in [0.29, 0.717) is 31.7 Å². The van der Waals surface area contributed by atoms with Crippen molar-refractivity contribution in [3.8, 4) is 0 Å². The highest BCUT2D eigenvalue weighted by Gasteiger charge is 2.08. The van der Waals surface area contributed by atoms with E-state index in [0.717, 1.165) is 5.56 Å². The molecule has 0 heterocycles. The van der Waals surface area contributed by atoms with E-state index >= 15 is 0 Å². The average molecular weight is 275 g/mol. The maximum absolute atomic E-state index is 11.6. The van der Waals surface area contributed by atoms with Gasteiger partial charge in [-0.1, -0.05) is 56.3 Å². The Morgan fingerprint density at radius 3 is 2.65 bits per heavy atom. The van der Waals surface area contributed by atoms with Crippen molar-refractivity contribution in [2.75, 3.05) is 6.54 Å². The van der Waals surface area contributed by atoms with E-state index in [4.69, 9.17) is 0 Å². The van der Waals surface area contributed by atoms with Crippen molar-refractivity contribution in [2.24, 2.45) is 5.92 Å². The molecule has 0 saturated heterocycles. The summed E-state index contributed by atoms with van der Waals surface area (Å²) in [5, 5.41) is 12.4. The van der Waals surface area contributed by atoms with Gasteiger partial charge >= 0.3 is 0 Å². The number of hydrogen-bond donors (Lipinski definition) is 2. The lowest BCUT2D eigenvalue weighted by Gasteiger charge is -2.13. The van der Waals surface area contributed by atoms with Crippen LogP contribution in [0.25, 0.3) is 6.08 Å². The Kier molecular flexibility index (Phi) is 7.66. The monoisotopic (exact) mass is 275 g/mol. The number of allylic oxidation sites excluding steroid dienone is 1. The molecule has 3 heteroatoms. The molecule has 0 aliphatic carbocycles. The number of amides is 1. The van der Waals surface area contributed by atoms with Gasteiger partial charge in [0.15, 0.2) is 0 Å². The molecule has 110 valence electrons. The summed E-state index contributed by atoms with van der Waals surface area (Å²) < 4.78 is 0. The smallest absolute Gasteiger partial charge is 0.220 e. The molecule has 2 N–H and O–H groups in total. The van der Waals surface area contributed by atoms with E-state index in [-0.39, 0.29) is 5.91 Å². The van der Waals surface area contributed by atoms with Gasteiger partial charge in [0, 0.05) is 13.0 Å². The number of rotatable bonds is 8. The minimum Gasteiger partial charge on any atom is -0.391 e. The lowest BCUT2D eigenvalue weighted by Crippen LogP contribution is -2.32. The number of carbonyl (C=O) groups excluding carboxylic acids is 1. The summed E-state index contributed by atoms with van der Waals surface area (Å²) in [6, 6.07) is 10.0. The summed E-state index contributed by atoms with van der Waals surface area (Å²) in [5.41, 5.74) is 1.14. The first-order valence-corrected chi connectivity index (χ1v) is 7.24. The van der Waals surface area contributed by atoms with Crippen molar-refractivity contribution in [1.29, 1.82) is 0 Å². The molecule has 0 aliphatic heterocycles. The molecule has 0 radical (unpaired) electrons. The van der Waals surface area contributed by atoms with Crippen LogP contribution >= 0.6 is 0 Å². The van der Waals surface area contributed by atoms with Gasteiger partial charge in [-0.2, -0.15) is 0 Å². The standard InChI is InChI=1S/C17H25NO2/c1-14(2)12-16(19)13-18-17(20)11-7-6-10-15-8-4-3-5-9-15/h3-6,8-10,14,16,19H,7,11-13H2,1-2H3,(H,18,20)/b10-6+. The summed E-state index contributed by atoms with van der Waals surface area (Å²) in [5.74, 6) is 0.432. The Bertz CT molecular complexity index is 412. The molecule has 1 aromatic rings. The highest BCUT2D eigenvalue weighted by Crippen LogP contribution is 2.04. The van der Waals surface area contributed by atoms with E-state index in [1.807, 2.05) is 42.5 Å². The maximum Gasteiger partial charge on any atom is 0.220 e. The van der Waals surface area contributed by atoms with E-state index < -0.39 is 6.10 Å². The fourth-order valence-electron chi connectivity index (χ4n) is 1.95. The van der Waals surface area contributed by atoms with Crippen LogP contribution in [0, 0.1) is 5.92 Å². The van der Waals surface area contributed by atoms with Crippen molar-refractivity contribution >= 4 is 12.0 Å². The van der Waals surface area contributed by atoms with Crippen LogP contribution in [0.3, 0.4) is 0 Å². The molecule has 3 nitrogen and oxygen atoms in total. The van der Waals surface area contributed by atoms with Crippen molar-refractivity contribution in [2.45, 2.75) is 39.2 Å². The van der Waals surface area contributed by atoms with Gasteiger partial charge < -0.3 is 10.4 Å². The second-order valence-corrected chi connectivity index (χ2v) is 5.44. The third kappa shape index (κ3) is 7.74. The zero-order chi connectivity index (χ0) is 14.8. The van der Waals surface area contributed by atoms with Crippen LogP contribution in [-0.4, -0.2) is 23.7 Å². The molecule has 0 aliphatic rings. The van der Waals surface area contributed by atoms with Crippen LogP contribution in [0.1, 0.15) is 38.7 Å². The fraction of sp³-hybridized carbons (Fsp3) is 0.471. The van der Waals surface area contributed by atoms with Crippen molar-refractivity contribution in [3.05, 3.63) is 42.0 Å². The van der Waals surface area contributed by atoms with Crippen LogP contribution in [0.5, 0.6) is 0 Å². The summed E-state index contributed by atoms with van der Waals surface area (Å²) in [6.07, 6.45) is 5.45. The Morgan fingerprint density at radius 1 is 1.30 bits per heavy atom. The normalized spacial score (nSPS) is 12.8. The SMILES string of the molecule is CC(C)CC(O)CNC(=O)CC/C=C/c1ccccc1. The molecule has 20 heavy (non-hydrogen) atoms. The molecule has 1 amide bonds. The highest BCUT2D eigenvalue weighted by molar-refractivity contribution is 5.76. The summed E-state index contributed by atoms with van der Waals surface area (Å²) in [4.78, 5) is 11.6. The summed E-state index contributed by atoms with van der Waals surface area (Å²) in [7, 11) is 0. The molecular weight excluding hydrogens is 250 g/mol. The number of aliphatic hydroxyl groups is 1. The van der Waals surface area contributed by atoms with Gasteiger partial charge in [0.05, 0.1) is 6.10 Å². The van der Waals surface area contributed by atoms with Crippen molar-refractivity contribution in [1.82, 2.24) is 5.32 Å². The lowest BCUT2D eigenvalue weighted by atomic mass is 10.1. The Labute approximate surface area is 121 Å². The first-order valence-electron chi connectivity index (χ1n) is 7.24. The number of carbonyl (C=O) groups is 1. The first kappa shape index (κ1) is 16.4. The van der Waals surface area contributed by atoms with Gasteiger partial charge in [0.1, 0.15) is 0 Å². The molecule has 0 fully saturated rings. The third-order valence-electron chi connectivity index (χ3n) is 2.93. The van der Waals surface area contributed by atoms with E-state index in [9.17, 15) is 9.90 Å². The molecule has 0 spiro atoms. The molecule has 0 saturated carbocycles. The number of nitrogens with one attached hydrogen (secondary N) is 1. The molecule has 1 unspecified atom stereocenters. The van der Waals surface area contributed by atoms with Gasteiger partial charge in [-0.3, -0.25) is 4.79 Å². The zero-order valence-electron chi connectivity index (χ0n) is 12.4. The van der Waals surface area contributed by atoms with Gasteiger partial charge in [0.25, 0.3) is 0 Å². The number of benzene rings is 1. The Balaban J connectivity index is 2.16. The highest BCUT2D eigenvalue weighted by atomic mass is 16.3. The van der Waals surface area contributed by atoms with Crippen LogP contribution in [0.15, 0.2) is 36.4 Å². The third-order valence-corrected chi connectivity index (χ3v) is 2.93. The second-order valence-electron chi connectivity index (χ2n) is 5.44. The van der Waals surface area contributed by atoms with Gasteiger partial charge in [-0.05, 0) is 24.3 Å². The predicted octanol–water partition coefficient (Wildman–Crippen LogP) is 3.00. The lowest BCUT2D eigenvalue weighted by molar-refractivity contribution is -0.121. The molecule has 1 atom stereocenters. The largest absolute Gasteiger partial charge is 0.391 e. The van der Waals surface area contributed by atoms with Crippen LogP contribution < -0.4 is 5.32 Å². The number of hydrogen-bond acceptors (Lipinski definition) is 2. The van der Waals surface area contributed by atoms with Gasteiger partial charge in [-0.25, -0.2) is 0 Å². The van der Waals surface area contributed by atoms with E-state index in [1.54, 1.807) is 0 Å². The van der Waals surface area contributed by atoms with Gasteiger partial charge in [0.2, 0.25) is 5.91 Å². The second kappa shape index (κ2) is 9.32.